The van der Waals surface area contributed by atoms with Crippen LogP contribution in [0.5, 0.6) is 0 Å². The smallest absolute Gasteiger partial charge is 0.255 e. The van der Waals surface area contributed by atoms with Gasteiger partial charge in [-0.25, -0.2) is 0 Å². The van der Waals surface area contributed by atoms with Crippen molar-refractivity contribution < 1.29 is 4.79 Å². The Labute approximate surface area is 121 Å². The molecule has 0 unspecified atom stereocenters. The Morgan fingerprint density at radius 2 is 2.00 bits per heavy atom. The van der Waals surface area contributed by atoms with Crippen LogP contribution in [0.3, 0.4) is 0 Å². The number of benzene rings is 2. The zero-order chi connectivity index (χ0) is 14.1. The van der Waals surface area contributed by atoms with Crippen LogP contribution >= 0.6 is 11.6 Å². The van der Waals surface area contributed by atoms with Gasteiger partial charge in [-0.3, -0.25) is 4.79 Å². The number of halogens is 1. The standard InChI is InChI=1S/C16H13ClN2O/c1-10-8-13(17)3-5-14(10)19-16(20)12-2-4-15-11(9-12)6-7-18-15/h2-9,18H,1H3,(H,19,20). The molecule has 20 heavy (non-hydrogen) atoms. The van der Waals surface area contributed by atoms with Crippen LogP contribution in [0.25, 0.3) is 10.9 Å². The number of carbonyl (C=O) groups excluding carboxylic acids is 1. The fourth-order valence-corrected chi connectivity index (χ4v) is 2.38. The molecule has 4 heteroatoms. The highest BCUT2D eigenvalue weighted by molar-refractivity contribution is 6.30. The van der Waals surface area contributed by atoms with Gasteiger partial charge in [-0.1, -0.05) is 11.6 Å². The van der Waals surface area contributed by atoms with Crippen LogP contribution in [-0.4, -0.2) is 10.9 Å². The topological polar surface area (TPSA) is 44.9 Å². The molecule has 1 heterocycles. The van der Waals surface area contributed by atoms with Gasteiger partial charge in [-0.2, -0.15) is 0 Å². The van der Waals surface area contributed by atoms with Crippen LogP contribution in [0.2, 0.25) is 5.02 Å². The van der Waals surface area contributed by atoms with E-state index in [2.05, 4.69) is 10.3 Å². The monoisotopic (exact) mass is 284 g/mol. The van der Waals surface area contributed by atoms with Crippen LogP contribution in [0.1, 0.15) is 15.9 Å². The molecule has 2 aromatic carbocycles. The van der Waals surface area contributed by atoms with Crippen molar-refractivity contribution in [2.45, 2.75) is 6.92 Å². The van der Waals surface area contributed by atoms with E-state index < -0.39 is 0 Å². The van der Waals surface area contributed by atoms with Gasteiger partial charge in [0.25, 0.3) is 5.91 Å². The summed E-state index contributed by atoms with van der Waals surface area (Å²) in [7, 11) is 0. The van der Waals surface area contributed by atoms with Crippen LogP contribution in [0.4, 0.5) is 5.69 Å². The summed E-state index contributed by atoms with van der Waals surface area (Å²) in [5.74, 6) is -0.126. The number of H-pyrrole nitrogens is 1. The lowest BCUT2D eigenvalue weighted by Crippen LogP contribution is -2.12. The van der Waals surface area contributed by atoms with E-state index in [1.165, 1.54) is 0 Å². The van der Waals surface area contributed by atoms with Gasteiger partial charge in [0.2, 0.25) is 0 Å². The Kier molecular flexibility index (Phi) is 3.20. The molecule has 100 valence electrons. The zero-order valence-corrected chi connectivity index (χ0v) is 11.7. The molecule has 0 aliphatic rings. The molecule has 0 atom stereocenters. The lowest BCUT2D eigenvalue weighted by atomic mass is 10.1. The number of hydrogen-bond acceptors (Lipinski definition) is 1. The summed E-state index contributed by atoms with van der Waals surface area (Å²) >= 11 is 5.91. The maximum absolute atomic E-state index is 12.3. The summed E-state index contributed by atoms with van der Waals surface area (Å²) in [6.07, 6.45) is 1.86. The summed E-state index contributed by atoms with van der Waals surface area (Å²) in [5.41, 5.74) is 3.36. The van der Waals surface area contributed by atoms with Gasteiger partial charge in [0.15, 0.2) is 0 Å². The molecule has 0 saturated heterocycles. The molecule has 0 aliphatic heterocycles. The first-order valence-corrected chi connectivity index (χ1v) is 6.66. The average molecular weight is 285 g/mol. The fraction of sp³-hybridized carbons (Fsp3) is 0.0625. The average Bonchev–Trinajstić information content (AvgIpc) is 2.89. The zero-order valence-electron chi connectivity index (χ0n) is 10.9. The number of nitrogens with one attached hydrogen (secondary N) is 2. The van der Waals surface area contributed by atoms with Gasteiger partial charge in [-0.05, 0) is 55.0 Å². The Balaban J connectivity index is 1.88. The molecular formula is C16H13ClN2O. The van der Waals surface area contributed by atoms with E-state index in [1.54, 1.807) is 12.1 Å². The minimum atomic E-state index is -0.126. The van der Waals surface area contributed by atoms with Gasteiger partial charge >= 0.3 is 0 Å². The van der Waals surface area contributed by atoms with Crippen LogP contribution in [-0.2, 0) is 0 Å². The number of aryl methyl sites for hydroxylation is 1. The maximum Gasteiger partial charge on any atom is 0.255 e. The highest BCUT2D eigenvalue weighted by Gasteiger charge is 2.09. The number of carbonyl (C=O) groups is 1. The SMILES string of the molecule is Cc1cc(Cl)ccc1NC(=O)c1ccc2[nH]ccc2c1. The van der Waals surface area contributed by atoms with Crippen molar-refractivity contribution in [3.8, 4) is 0 Å². The molecule has 0 bridgehead atoms. The molecular weight excluding hydrogens is 272 g/mol. The lowest BCUT2D eigenvalue weighted by Gasteiger charge is -2.08. The van der Waals surface area contributed by atoms with Gasteiger partial charge < -0.3 is 10.3 Å². The number of aromatic amines is 1. The Hall–Kier alpha value is -2.26. The summed E-state index contributed by atoms with van der Waals surface area (Å²) in [5, 5.41) is 4.58. The maximum atomic E-state index is 12.3. The Morgan fingerprint density at radius 3 is 2.80 bits per heavy atom. The molecule has 0 radical (unpaired) electrons. The number of anilines is 1. The molecule has 0 saturated carbocycles. The van der Waals surface area contributed by atoms with Gasteiger partial charge in [-0.15, -0.1) is 0 Å². The summed E-state index contributed by atoms with van der Waals surface area (Å²) in [6.45, 7) is 1.91. The van der Waals surface area contributed by atoms with Crippen molar-refractivity contribution in [2.24, 2.45) is 0 Å². The number of amides is 1. The van der Waals surface area contributed by atoms with Crippen molar-refractivity contribution in [2.75, 3.05) is 5.32 Å². The van der Waals surface area contributed by atoms with E-state index in [4.69, 9.17) is 11.6 Å². The second kappa shape index (κ2) is 5.02. The quantitative estimate of drug-likeness (QED) is 0.720. The first-order valence-electron chi connectivity index (χ1n) is 6.28. The van der Waals surface area contributed by atoms with Crippen LogP contribution in [0.15, 0.2) is 48.7 Å². The van der Waals surface area contributed by atoms with Crippen LogP contribution < -0.4 is 5.32 Å². The lowest BCUT2D eigenvalue weighted by molar-refractivity contribution is 0.102. The number of rotatable bonds is 2. The largest absolute Gasteiger partial charge is 0.361 e. The predicted octanol–water partition coefficient (Wildman–Crippen LogP) is 4.38. The Bertz CT molecular complexity index is 792. The molecule has 0 fully saturated rings. The van der Waals surface area contributed by atoms with Crippen molar-refractivity contribution in [3.05, 3.63) is 64.8 Å². The molecule has 3 aromatic rings. The van der Waals surface area contributed by atoms with Crippen molar-refractivity contribution in [1.29, 1.82) is 0 Å². The normalized spacial score (nSPS) is 10.7. The highest BCUT2D eigenvalue weighted by Crippen LogP contribution is 2.21. The van der Waals surface area contributed by atoms with E-state index in [0.717, 1.165) is 22.2 Å². The third kappa shape index (κ3) is 2.40. The minimum Gasteiger partial charge on any atom is -0.361 e. The molecule has 0 aliphatic carbocycles. The molecule has 1 amide bonds. The van der Waals surface area contributed by atoms with E-state index in [9.17, 15) is 4.79 Å². The second-order valence-electron chi connectivity index (χ2n) is 4.69. The third-order valence-electron chi connectivity index (χ3n) is 3.25. The van der Waals surface area contributed by atoms with Gasteiger partial charge in [0.05, 0.1) is 0 Å². The third-order valence-corrected chi connectivity index (χ3v) is 3.49. The van der Waals surface area contributed by atoms with Crippen molar-refractivity contribution >= 4 is 34.1 Å². The molecule has 3 rings (SSSR count). The molecule has 3 nitrogen and oxygen atoms in total. The van der Waals surface area contributed by atoms with E-state index in [-0.39, 0.29) is 5.91 Å². The van der Waals surface area contributed by atoms with Crippen LogP contribution in [0, 0.1) is 6.92 Å². The number of hydrogen-bond donors (Lipinski definition) is 2. The predicted molar refractivity (Wildman–Crippen MR) is 82.4 cm³/mol. The van der Waals surface area contributed by atoms with E-state index in [0.29, 0.717) is 10.6 Å². The summed E-state index contributed by atoms with van der Waals surface area (Å²) < 4.78 is 0. The van der Waals surface area contributed by atoms with E-state index in [1.807, 2.05) is 43.5 Å². The number of aromatic nitrogens is 1. The van der Waals surface area contributed by atoms with Gasteiger partial charge in [0.1, 0.15) is 0 Å². The first-order chi connectivity index (χ1) is 9.63. The second-order valence-corrected chi connectivity index (χ2v) is 5.13. The van der Waals surface area contributed by atoms with Crippen molar-refractivity contribution in [3.63, 3.8) is 0 Å². The minimum absolute atomic E-state index is 0.126. The molecule has 1 aromatic heterocycles. The molecule has 0 spiro atoms. The van der Waals surface area contributed by atoms with Gasteiger partial charge in [0, 0.05) is 33.4 Å². The number of fused-ring (bicyclic) bond motifs is 1. The Morgan fingerprint density at radius 1 is 1.15 bits per heavy atom. The molecule has 2 N–H and O–H groups in total. The fourth-order valence-electron chi connectivity index (χ4n) is 2.16. The summed E-state index contributed by atoms with van der Waals surface area (Å²) in [6, 6.07) is 12.9. The highest BCUT2D eigenvalue weighted by atomic mass is 35.5. The van der Waals surface area contributed by atoms with E-state index >= 15 is 0 Å². The first kappa shape index (κ1) is 12.8. The summed E-state index contributed by atoms with van der Waals surface area (Å²) in [4.78, 5) is 15.4. The van der Waals surface area contributed by atoms with Crippen molar-refractivity contribution in [1.82, 2.24) is 4.98 Å².